The number of benzene rings is 1. The zero-order valence-corrected chi connectivity index (χ0v) is 17.0. The van der Waals surface area contributed by atoms with Crippen LogP contribution in [0.25, 0.3) is 22.2 Å². The fraction of sp³-hybridized carbons (Fsp3) is 0.429. The smallest absolute Gasteiger partial charge is 0.262 e. The maximum Gasteiger partial charge on any atom is 0.262 e. The Morgan fingerprint density at radius 3 is 2.44 bits per heavy atom. The molecule has 0 unspecified atom stereocenters. The van der Waals surface area contributed by atoms with Crippen LogP contribution in [0, 0.1) is 5.92 Å². The standard InChI is InChI=1S/C21H22Cl2N2O2/c1-21(2,13-6-4-3-5-7-13)20-24-18(26)17-16(11-27-19(17)25-20)12-8-14(22)10-15(23)9-12/h8-11,13H,3-7H2,1-2H3,(H,24,25,26). The van der Waals surface area contributed by atoms with Gasteiger partial charge in [-0.1, -0.05) is 56.3 Å². The Kier molecular flexibility index (Phi) is 4.81. The first kappa shape index (κ1) is 18.6. The van der Waals surface area contributed by atoms with Crippen LogP contribution in [-0.4, -0.2) is 9.97 Å². The maximum atomic E-state index is 12.9. The summed E-state index contributed by atoms with van der Waals surface area (Å²) in [5.74, 6) is 1.20. The molecule has 1 aliphatic carbocycles. The van der Waals surface area contributed by atoms with Crippen LogP contribution in [0.3, 0.4) is 0 Å². The maximum absolute atomic E-state index is 12.9. The van der Waals surface area contributed by atoms with E-state index in [1.807, 2.05) is 0 Å². The van der Waals surface area contributed by atoms with Gasteiger partial charge in [-0.15, -0.1) is 0 Å². The molecule has 2 aromatic heterocycles. The molecule has 1 aliphatic rings. The van der Waals surface area contributed by atoms with Crippen LogP contribution in [0.4, 0.5) is 0 Å². The Bertz CT molecular complexity index is 1030. The summed E-state index contributed by atoms with van der Waals surface area (Å²) in [7, 11) is 0. The highest BCUT2D eigenvalue weighted by molar-refractivity contribution is 6.35. The van der Waals surface area contributed by atoms with Crippen molar-refractivity contribution in [2.75, 3.05) is 0 Å². The van der Waals surface area contributed by atoms with Crippen molar-refractivity contribution in [1.82, 2.24) is 9.97 Å². The van der Waals surface area contributed by atoms with Crippen molar-refractivity contribution in [3.05, 3.63) is 50.7 Å². The fourth-order valence-electron chi connectivity index (χ4n) is 4.19. The number of halogens is 2. The van der Waals surface area contributed by atoms with Crippen molar-refractivity contribution in [3.8, 4) is 11.1 Å². The van der Waals surface area contributed by atoms with Gasteiger partial charge in [-0.3, -0.25) is 4.79 Å². The van der Waals surface area contributed by atoms with E-state index in [0.29, 0.717) is 38.5 Å². The summed E-state index contributed by atoms with van der Waals surface area (Å²) in [6.45, 7) is 4.32. The molecule has 142 valence electrons. The molecular weight excluding hydrogens is 383 g/mol. The van der Waals surface area contributed by atoms with Gasteiger partial charge < -0.3 is 9.40 Å². The second kappa shape index (κ2) is 6.99. The molecule has 1 aromatic carbocycles. The lowest BCUT2D eigenvalue weighted by Gasteiger charge is -2.35. The van der Waals surface area contributed by atoms with Gasteiger partial charge in [-0.05, 0) is 42.5 Å². The first-order valence-electron chi connectivity index (χ1n) is 9.35. The number of rotatable bonds is 3. The third-order valence-electron chi connectivity index (χ3n) is 5.85. The molecule has 0 amide bonds. The first-order chi connectivity index (χ1) is 12.9. The molecule has 6 heteroatoms. The molecule has 2 heterocycles. The Morgan fingerprint density at radius 1 is 1.11 bits per heavy atom. The van der Waals surface area contributed by atoms with Gasteiger partial charge in [-0.2, -0.15) is 4.98 Å². The van der Waals surface area contributed by atoms with Gasteiger partial charge in [0.05, 0.1) is 0 Å². The van der Waals surface area contributed by atoms with Crippen molar-refractivity contribution < 1.29 is 4.42 Å². The van der Waals surface area contributed by atoms with Gasteiger partial charge >= 0.3 is 0 Å². The van der Waals surface area contributed by atoms with Crippen LogP contribution >= 0.6 is 23.2 Å². The van der Waals surface area contributed by atoms with Crippen LogP contribution in [0.1, 0.15) is 51.8 Å². The van der Waals surface area contributed by atoms with E-state index in [1.165, 1.54) is 32.1 Å². The molecule has 0 bridgehead atoms. The predicted molar refractivity (Wildman–Crippen MR) is 110 cm³/mol. The minimum absolute atomic E-state index is 0.196. The van der Waals surface area contributed by atoms with Gasteiger partial charge in [0, 0.05) is 21.0 Å². The van der Waals surface area contributed by atoms with E-state index >= 15 is 0 Å². The summed E-state index contributed by atoms with van der Waals surface area (Å²) in [5.41, 5.74) is 1.32. The first-order valence-corrected chi connectivity index (χ1v) is 10.1. The number of H-pyrrole nitrogens is 1. The third-order valence-corrected chi connectivity index (χ3v) is 6.29. The normalized spacial score (nSPS) is 16.1. The molecule has 3 aromatic rings. The van der Waals surface area contributed by atoms with Crippen molar-refractivity contribution in [2.24, 2.45) is 5.92 Å². The SMILES string of the molecule is CC(C)(c1nc2occ(-c3cc(Cl)cc(Cl)c3)c2c(=O)[nH]1)C1CCCCC1. The van der Waals surface area contributed by atoms with Crippen LogP contribution in [-0.2, 0) is 5.41 Å². The van der Waals surface area contributed by atoms with Gasteiger partial charge in [0.2, 0.25) is 5.71 Å². The highest BCUT2D eigenvalue weighted by Gasteiger charge is 2.35. The molecule has 1 N–H and O–H groups in total. The third kappa shape index (κ3) is 3.41. The van der Waals surface area contributed by atoms with Gasteiger partial charge in [0.1, 0.15) is 17.5 Å². The van der Waals surface area contributed by atoms with Crippen molar-refractivity contribution >= 4 is 34.3 Å². The molecule has 27 heavy (non-hydrogen) atoms. The Balaban J connectivity index is 1.81. The minimum Gasteiger partial charge on any atom is -0.445 e. The van der Waals surface area contributed by atoms with Crippen LogP contribution in [0.2, 0.25) is 10.0 Å². The molecular formula is C21H22Cl2N2O2. The summed E-state index contributed by atoms with van der Waals surface area (Å²) in [6.07, 6.45) is 7.64. The predicted octanol–water partition coefficient (Wildman–Crippen LogP) is 6.35. The number of aromatic amines is 1. The quantitative estimate of drug-likeness (QED) is 0.553. The van der Waals surface area contributed by atoms with Crippen LogP contribution in [0.5, 0.6) is 0 Å². The molecule has 0 aliphatic heterocycles. The van der Waals surface area contributed by atoms with Crippen LogP contribution < -0.4 is 5.56 Å². The van der Waals surface area contributed by atoms with Crippen LogP contribution in [0.15, 0.2) is 33.7 Å². The van der Waals surface area contributed by atoms with Crippen molar-refractivity contribution in [2.45, 2.75) is 51.4 Å². The Hall–Kier alpha value is -1.78. The van der Waals surface area contributed by atoms with E-state index in [1.54, 1.807) is 24.5 Å². The number of furan rings is 1. The van der Waals surface area contributed by atoms with E-state index in [2.05, 4.69) is 23.8 Å². The zero-order valence-electron chi connectivity index (χ0n) is 15.4. The second-order valence-electron chi connectivity index (χ2n) is 7.96. The van der Waals surface area contributed by atoms with E-state index in [4.69, 9.17) is 27.6 Å². The average Bonchev–Trinajstić information content (AvgIpc) is 3.06. The number of hydrogen-bond donors (Lipinski definition) is 1. The minimum atomic E-state index is -0.208. The fourth-order valence-corrected chi connectivity index (χ4v) is 4.72. The molecule has 0 saturated heterocycles. The van der Waals surface area contributed by atoms with E-state index in [0.717, 1.165) is 5.56 Å². The van der Waals surface area contributed by atoms with Crippen molar-refractivity contribution in [1.29, 1.82) is 0 Å². The zero-order chi connectivity index (χ0) is 19.2. The lowest BCUT2D eigenvalue weighted by molar-refractivity contribution is 0.226. The summed E-state index contributed by atoms with van der Waals surface area (Å²) >= 11 is 12.2. The topological polar surface area (TPSA) is 58.9 Å². The lowest BCUT2D eigenvalue weighted by atomic mass is 9.70. The van der Waals surface area contributed by atoms with Crippen molar-refractivity contribution in [3.63, 3.8) is 0 Å². The number of hydrogen-bond acceptors (Lipinski definition) is 3. The second-order valence-corrected chi connectivity index (χ2v) is 8.83. The molecule has 4 rings (SSSR count). The summed E-state index contributed by atoms with van der Waals surface area (Å²) in [5, 5.41) is 1.44. The Labute approximate surface area is 167 Å². The molecule has 1 fully saturated rings. The number of nitrogens with one attached hydrogen (secondary N) is 1. The molecule has 0 atom stereocenters. The summed E-state index contributed by atoms with van der Waals surface area (Å²) < 4.78 is 5.67. The summed E-state index contributed by atoms with van der Waals surface area (Å²) in [4.78, 5) is 20.6. The van der Waals surface area contributed by atoms with Gasteiger partial charge in [0.25, 0.3) is 5.56 Å². The monoisotopic (exact) mass is 404 g/mol. The lowest BCUT2D eigenvalue weighted by Crippen LogP contribution is -2.34. The molecule has 0 radical (unpaired) electrons. The van der Waals surface area contributed by atoms with E-state index in [9.17, 15) is 4.79 Å². The Morgan fingerprint density at radius 2 is 1.78 bits per heavy atom. The number of nitrogens with zero attached hydrogens (tertiary/aromatic N) is 1. The molecule has 0 spiro atoms. The van der Waals surface area contributed by atoms with E-state index in [-0.39, 0.29) is 11.0 Å². The summed E-state index contributed by atoms with van der Waals surface area (Å²) in [6, 6.07) is 5.18. The highest BCUT2D eigenvalue weighted by atomic mass is 35.5. The number of aromatic nitrogens is 2. The van der Waals surface area contributed by atoms with Gasteiger partial charge in [-0.25, -0.2) is 0 Å². The largest absolute Gasteiger partial charge is 0.445 e. The molecule has 1 saturated carbocycles. The average molecular weight is 405 g/mol. The number of fused-ring (bicyclic) bond motifs is 1. The van der Waals surface area contributed by atoms with Gasteiger partial charge in [0.15, 0.2) is 0 Å². The molecule has 4 nitrogen and oxygen atoms in total. The van der Waals surface area contributed by atoms with E-state index < -0.39 is 0 Å². The highest BCUT2D eigenvalue weighted by Crippen LogP contribution is 2.40.